The lowest BCUT2D eigenvalue weighted by Gasteiger charge is -2.24. The third-order valence-corrected chi connectivity index (χ3v) is 6.13. The molecule has 3 aromatic rings. The van der Waals surface area contributed by atoms with Crippen LogP contribution < -0.4 is 15.4 Å². The summed E-state index contributed by atoms with van der Waals surface area (Å²) in [6.07, 6.45) is -0.344. The van der Waals surface area contributed by atoms with Crippen molar-refractivity contribution in [2.24, 2.45) is 5.73 Å². The zero-order valence-electron chi connectivity index (χ0n) is 19.7. The highest BCUT2D eigenvalue weighted by Gasteiger charge is 2.29. The third-order valence-electron chi connectivity index (χ3n) is 6.13. The standard InChI is InChI=1S/C27H26F3N3O3/c1-36-21-8-6-17(7-9-21)14-33-25-5-3-2-4-18(25)15-32(16-27(33)35)26(34)12-20(31)10-19-11-23(29)24(30)13-22(19)28/h2-9,11,13,20H,10,12,14-16,31H2,1H3/t20-/m1/s1. The number of halogens is 3. The van der Waals surface area contributed by atoms with Crippen LogP contribution >= 0.6 is 0 Å². The van der Waals surface area contributed by atoms with Crippen LogP contribution in [0.2, 0.25) is 0 Å². The van der Waals surface area contributed by atoms with E-state index in [0.29, 0.717) is 24.0 Å². The molecule has 1 aliphatic heterocycles. The van der Waals surface area contributed by atoms with Crippen molar-refractivity contribution in [3.63, 3.8) is 0 Å². The Balaban J connectivity index is 1.49. The Kier molecular flexibility index (Phi) is 7.59. The molecule has 188 valence electrons. The monoisotopic (exact) mass is 497 g/mol. The maximum absolute atomic E-state index is 14.0. The number of methoxy groups -OCH3 is 1. The minimum absolute atomic E-state index is 0.114. The van der Waals surface area contributed by atoms with E-state index in [4.69, 9.17) is 10.5 Å². The number of rotatable bonds is 7. The highest BCUT2D eigenvalue weighted by atomic mass is 19.2. The zero-order valence-corrected chi connectivity index (χ0v) is 19.7. The van der Waals surface area contributed by atoms with Crippen LogP contribution in [-0.4, -0.2) is 36.4 Å². The molecule has 0 radical (unpaired) electrons. The fourth-order valence-electron chi connectivity index (χ4n) is 4.24. The summed E-state index contributed by atoms with van der Waals surface area (Å²) in [6.45, 7) is 0.360. The Hall–Kier alpha value is -3.85. The van der Waals surface area contributed by atoms with Crippen molar-refractivity contribution < 1.29 is 27.5 Å². The maximum atomic E-state index is 14.0. The van der Waals surface area contributed by atoms with Crippen molar-refractivity contribution in [2.45, 2.75) is 32.0 Å². The third kappa shape index (κ3) is 5.68. The van der Waals surface area contributed by atoms with E-state index in [9.17, 15) is 22.8 Å². The van der Waals surface area contributed by atoms with Gasteiger partial charge in [-0.1, -0.05) is 30.3 Å². The van der Waals surface area contributed by atoms with Gasteiger partial charge in [0, 0.05) is 30.8 Å². The summed E-state index contributed by atoms with van der Waals surface area (Å²) in [7, 11) is 1.58. The highest BCUT2D eigenvalue weighted by molar-refractivity contribution is 5.98. The molecule has 1 atom stereocenters. The second kappa shape index (κ2) is 10.8. The number of carbonyl (C=O) groups is 2. The number of carbonyl (C=O) groups excluding carboxylic acids is 2. The van der Waals surface area contributed by atoms with Crippen LogP contribution in [0.4, 0.5) is 18.9 Å². The van der Waals surface area contributed by atoms with Crippen LogP contribution in [0.3, 0.4) is 0 Å². The molecule has 1 aliphatic rings. The van der Waals surface area contributed by atoms with Crippen LogP contribution in [0.1, 0.15) is 23.1 Å². The number of nitrogens with two attached hydrogens (primary N) is 1. The average Bonchev–Trinajstić information content (AvgIpc) is 2.99. The number of hydrogen-bond donors (Lipinski definition) is 1. The topological polar surface area (TPSA) is 75.9 Å². The Morgan fingerprint density at radius 2 is 1.69 bits per heavy atom. The van der Waals surface area contributed by atoms with Crippen LogP contribution in [0.25, 0.3) is 0 Å². The maximum Gasteiger partial charge on any atom is 0.246 e. The molecule has 0 aliphatic carbocycles. The van der Waals surface area contributed by atoms with E-state index in [0.717, 1.165) is 17.2 Å². The van der Waals surface area contributed by atoms with Crippen molar-refractivity contribution in [3.05, 3.63) is 94.8 Å². The van der Waals surface area contributed by atoms with E-state index in [-0.39, 0.29) is 43.3 Å². The predicted octanol–water partition coefficient (Wildman–Crippen LogP) is 3.95. The molecule has 1 heterocycles. The van der Waals surface area contributed by atoms with Crippen LogP contribution in [0, 0.1) is 17.5 Å². The van der Waals surface area contributed by atoms with Gasteiger partial charge in [0.2, 0.25) is 11.8 Å². The average molecular weight is 498 g/mol. The number of anilines is 1. The van der Waals surface area contributed by atoms with Gasteiger partial charge in [-0.3, -0.25) is 9.59 Å². The number of para-hydroxylation sites is 1. The molecule has 2 N–H and O–H groups in total. The molecule has 0 saturated carbocycles. The molecule has 0 spiro atoms. The molecule has 0 unspecified atom stereocenters. The number of hydrogen-bond acceptors (Lipinski definition) is 4. The van der Waals surface area contributed by atoms with Crippen molar-refractivity contribution in [1.82, 2.24) is 4.90 Å². The van der Waals surface area contributed by atoms with Gasteiger partial charge in [0.05, 0.1) is 13.7 Å². The van der Waals surface area contributed by atoms with E-state index >= 15 is 0 Å². The smallest absolute Gasteiger partial charge is 0.246 e. The van der Waals surface area contributed by atoms with Gasteiger partial charge in [-0.05, 0) is 47.4 Å². The molecule has 6 nitrogen and oxygen atoms in total. The molecule has 0 saturated heterocycles. The van der Waals surface area contributed by atoms with Gasteiger partial charge in [-0.15, -0.1) is 0 Å². The quantitative estimate of drug-likeness (QED) is 0.502. The number of benzene rings is 3. The van der Waals surface area contributed by atoms with Crippen molar-refractivity contribution in [3.8, 4) is 5.75 Å². The van der Waals surface area contributed by atoms with E-state index < -0.39 is 23.5 Å². The minimum atomic E-state index is -1.29. The predicted molar refractivity (Wildman–Crippen MR) is 129 cm³/mol. The lowest BCUT2D eigenvalue weighted by atomic mass is 10.0. The number of fused-ring (bicyclic) bond motifs is 1. The molecule has 0 bridgehead atoms. The lowest BCUT2D eigenvalue weighted by Crippen LogP contribution is -2.41. The van der Waals surface area contributed by atoms with E-state index in [2.05, 4.69) is 0 Å². The highest BCUT2D eigenvalue weighted by Crippen LogP contribution is 2.28. The van der Waals surface area contributed by atoms with Crippen LogP contribution in [0.15, 0.2) is 60.7 Å². The summed E-state index contributed by atoms with van der Waals surface area (Å²) in [5.41, 5.74) is 8.35. The van der Waals surface area contributed by atoms with E-state index in [1.54, 1.807) is 12.0 Å². The summed E-state index contributed by atoms with van der Waals surface area (Å²) < 4.78 is 45.9. The number of ether oxygens (including phenoxy) is 1. The summed E-state index contributed by atoms with van der Waals surface area (Å²) in [5.74, 6) is -3.34. The summed E-state index contributed by atoms with van der Waals surface area (Å²) in [6, 6.07) is 15.1. The largest absolute Gasteiger partial charge is 0.497 e. The second-order valence-electron chi connectivity index (χ2n) is 8.73. The first-order valence-electron chi connectivity index (χ1n) is 11.4. The number of nitrogens with zero attached hydrogens (tertiary/aromatic N) is 2. The van der Waals surface area contributed by atoms with E-state index in [1.165, 1.54) is 4.90 Å². The van der Waals surface area contributed by atoms with Crippen molar-refractivity contribution in [2.75, 3.05) is 18.6 Å². The molecular formula is C27H26F3N3O3. The van der Waals surface area contributed by atoms with Gasteiger partial charge in [0.1, 0.15) is 18.1 Å². The molecule has 4 rings (SSSR count). The van der Waals surface area contributed by atoms with Crippen LogP contribution in [-0.2, 0) is 29.1 Å². The summed E-state index contributed by atoms with van der Waals surface area (Å²) in [4.78, 5) is 29.4. The molecule has 0 fully saturated rings. The fourth-order valence-corrected chi connectivity index (χ4v) is 4.24. The van der Waals surface area contributed by atoms with Gasteiger partial charge in [0.15, 0.2) is 11.6 Å². The summed E-state index contributed by atoms with van der Waals surface area (Å²) in [5, 5.41) is 0. The van der Waals surface area contributed by atoms with Crippen molar-refractivity contribution >= 4 is 17.5 Å². The minimum Gasteiger partial charge on any atom is -0.497 e. The van der Waals surface area contributed by atoms with Crippen LogP contribution in [0.5, 0.6) is 5.75 Å². The first-order chi connectivity index (χ1) is 17.2. The van der Waals surface area contributed by atoms with Gasteiger partial charge < -0.3 is 20.3 Å². The first kappa shape index (κ1) is 25.2. The van der Waals surface area contributed by atoms with E-state index in [1.807, 2.05) is 48.5 Å². The second-order valence-corrected chi connectivity index (χ2v) is 8.73. The Bertz CT molecular complexity index is 1270. The molecule has 3 aromatic carbocycles. The SMILES string of the molecule is COc1ccc(CN2C(=O)CN(C(=O)C[C@H](N)Cc3cc(F)c(F)cc3F)Cc3ccccc32)cc1. The normalized spacial score (nSPS) is 14.3. The Morgan fingerprint density at radius 1 is 1.00 bits per heavy atom. The van der Waals surface area contributed by atoms with Crippen molar-refractivity contribution in [1.29, 1.82) is 0 Å². The molecule has 36 heavy (non-hydrogen) atoms. The molecule has 9 heteroatoms. The zero-order chi connectivity index (χ0) is 25.8. The fraction of sp³-hybridized carbons (Fsp3) is 0.259. The first-order valence-corrected chi connectivity index (χ1v) is 11.4. The van der Waals surface area contributed by atoms with Gasteiger partial charge in [-0.25, -0.2) is 13.2 Å². The Morgan fingerprint density at radius 3 is 2.42 bits per heavy atom. The molecular weight excluding hydrogens is 471 g/mol. The van der Waals surface area contributed by atoms with Gasteiger partial charge >= 0.3 is 0 Å². The molecule has 0 aromatic heterocycles. The Labute approximate surface area is 207 Å². The summed E-state index contributed by atoms with van der Waals surface area (Å²) >= 11 is 0. The lowest BCUT2D eigenvalue weighted by molar-refractivity contribution is -0.135. The molecule has 2 amide bonds. The van der Waals surface area contributed by atoms with Gasteiger partial charge in [-0.2, -0.15) is 0 Å². The van der Waals surface area contributed by atoms with Gasteiger partial charge in [0.25, 0.3) is 0 Å². The number of amides is 2.